The largest absolute Gasteiger partial charge is 0.480 e. The lowest BCUT2D eigenvalue weighted by Gasteiger charge is -2.06. The van der Waals surface area contributed by atoms with Crippen molar-refractivity contribution in [2.45, 2.75) is 12.5 Å². The molecule has 0 fully saturated rings. The van der Waals surface area contributed by atoms with Gasteiger partial charge in [-0.25, -0.2) is 0 Å². The molecule has 1 rings (SSSR count). The highest BCUT2D eigenvalue weighted by atomic mass is 35.5. The van der Waals surface area contributed by atoms with E-state index in [0.29, 0.717) is 6.61 Å². The highest BCUT2D eigenvalue weighted by molar-refractivity contribution is 7.09. The number of nitrogens with two attached hydrogens (primary N) is 1. The fourth-order valence-corrected chi connectivity index (χ4v) is 1.60. The Labute approximate surface area is 98.5 Å². The Morgan fingerprint density at radius 2 is 2.40 bits per heavy atom. The van der Waals surface area contributed by atoms with Crippen molar-refractivity contribution >= 4 is 29.7 Å². The van der Waals surface area contributed by atoms with Crippen molar-refractivity contribution < 1.29 is 14.6 Å². The maximum Gasteiger partial charge on any atom is 0.322 e. The monoisotopic (exact) mass is 251 g/mol. The third kappa shape index (κ3) is 5.74. The Balaban J connectivity index is 0.00000196. The van der Waals surface area contributed by atoms with Gasteiger partial charge in [-0.1, -0.05) is 6.07 Å². The normalized spacial score (nSPS) is 11.8. The number of carboxylic acids is 1. The van der Waals surface area contributed by atoms with Crippen LogP contribution in [0.15, 0.2) is 17.5 Å². The first kappa shape index (κ1) is 14.4. The minimum atomic E-state index is -1.03. The third-order valence-corrected chi connectivity index (χ3v) is 2.62. The Morgan fingerprint density at radius 1 is 1.67 bits per heavy atom. The lowest BCUT2D eigenvalue weighted by Crippen LogP contribution is -2.35. The van der Waals surface area contributed by atoms with E-state index in [-0.39, 0.29) is 19.0 Å². The molecule has 1 aromatic rings. The first-order chi connectivity index (χ1) is 6.70. The summed E-state index contributed by atoms with van der Waals surface area (Å²) in [7, 11) is 0. The molecule has 6 heteroatoms. The van der Waals surface area contributed by atoms with Gasteiger partial charge in [-0.05, 0) is 11.4 Å². The first-order valence-corrected chi connectivity index (χ1v) is 5.16. The molecule has 0 saturated heterocycles. The number of hydrogen-bond donors (Lipinski definition) is 2. The molecule has 0 aliphatic carbocycles. The second-order valence-electron chi connectivity index (χ2n) is 2.85. The molecule has 0 bridgehead atoms. The predicted octanol–water partition coefficient (Wildman–Crippen LogP) is 1.14. The molecule has 0 amide bonds. The standard InChI is InChI=1S/C9H13NO3S.ClH/c10-8(9(11)12)6-13-4-3-7-2-1-5-14-7;/h1-2,5,8H,3-4,6,10H2,(H,11,12);1H/t8-;/m0./s1. The fourth-order valence-electron chi connectivity index (χ4n) is 0.909. The number of carboxylic acid groups (broad SMARTS) is 1. The molecule has 1 aromatic heterocycles. The summed E-state index contributed by atoms with van der Waals surface area (Å²) in [5.74, 6) is -1.03. The average Bonchev–Trinajstić information content (AvgIpc) is 2.64. The van der Waals surface area contributed by atoms with Crippen LogP contribution in [-0.4, -0.2) is 30.3 Å². The average molecular weight is 252 g/mol. The summed E-state index contributed by atoms with van der Waals surface area (Å²) in [5.41, 5.74) is 5.25. The Kier molecular flexibility index (Phi) is 7.33. The SMILES string of the molecule is Cl.N[C@@H](COCCc1cccs1)C(=O)O. The number of ether oxygens (including phenoxy) is 1. The van der Waals surface area contributed by atoms with Crippen LogP contribution in [0, 0.1) is 0 Å². The van der Waals surface area contributed by atoms with Gasteiger partial charge in [-0.3, -0.25) is 4.79 Å². The van der Waals surface area contributed by atoms with Gasteiger partial charge in [-0.15, -0.1) is 23.7 Å². The van der Waals surface area contributed by atoms with E-state index in [1.54, 1.807) is 11.3 Å². The predicted molar refractivity (Wildman–Crippen MR) is 61.7 cm³/mol. The van der Waals surface area contributed by atoms with Crippen molar-refractivity contribution in [2.75, 3.05) is 13.2 Å². The number of thiophene rings is 1. The maximum atomic E-state index is 10.3. The summed E-state index contributed by atoms with van der Waals surface area (Å²) in [4.78, 5) is 11.5. The van der Waals surface area contributed by atoms with Gasteiger partial charge in [-0.2, -0.15) is 0 Å². The molecular formula is C9H14ClNO3S. The first-order valence-electron chi connectivity index (χ1n) is 4.28. The molecule has 1 heterocycles. The fraction of sp³-hybridized carbons (Fsp3) is 0.444. The van der Waals surface area contributed by atoms with E-state index >= 15 is 0 Å². The lowest BCUT2D eigenvalue weighted by molar-refractivity contribution is -0.139. The quantitative estimate of drug-likeness (QED) is 0.744. The molecule has 0 aliphatic rings. The van der Waals surface area contributed by atoms with Crippen LogP contribution >= 0.6 is 23.7 Å². The highest BCUT2D eigenvalue weighted by Gasteiger charge is 2.10. The van der Waals surface area contributed by atoms with Crippen LogP contribution in [0.3, 0.4) is 0 Å². The maximum absolute atomic E-state index is 10.3. The van der Waals surface area contributed by atoms with Crippen LogP contribution < -0.4 is 5.73 Å². The van der Waals surface area contributed by atoms with E-state index in [0.717, 1.165) is 6.42 Å². The van der Waals surface area contributed by atoms with Gasteiger partial charge in [0.15, 0.2) is 0 Å². The van der Waals surface area contributed by atoms with E-state index in [2.05, 4.69) is 0 Å². The number of hydrogen-bond acceptors (Lipinski definition) is 4. The summed E-state index contributed by atoms with van der Waals surface area (Å²) < 4.78 is 5.13. The van der Waals surface area contributed by atoms with Crippen molar-refractivity contribution in [3.63, 3.8) is 0 Å². The number of rotatable bonds is 6. The van der Waals surface area contributed by atoms with Gasteiger partial charge in [0, 0.05) is 11.3 Å². The van der Waals surface area contributed by atoms with Gasteiger partial charge in [0.2, 0.25) is 0 Å². The molecule has 0 aliphatic heterocycles. The zero-order valence-electron chi connectivity index (χ0n) is 8.09. The van der Waals surface area contributed by atoms with Crippen molar-refractivity contribution in [3.05, 3.63) is 22.4 Å². The number of aliphatic carboxylic acids is 1. The van der Waals surface area contributed by atoms with E-state index in [4.69, 9.17) is 15.6 Å². The molecule has 0 radical (unpaired) electrons. The Hall–Kier alpha value is -0.620. The molecule has 15 heavy (non-hydrogen) atoms. The molecule has 1 atom stereocenters. The summed E-state index contributed by atoms with van der Waals surface area (Å²) >= 11 is 1.66. The van der Waals surface area contributed by atoms with E-state index < -0.39 is 12.0 Å². The zero-order valence-corrected chi connectivity index (χ0v) is 9.72. The van der Waals surface area contributed by atoms with Gasteiger partial charge >= 0.3 is 5.97 Å². The van der Waals surface area contributed by atoms with Crippen LogP contribution in [0.2, 0.25) is 0 Å². The third-order valence-electron chi connectivity index (χ3n) is 1.69. The van der Waals surface area contributed by atoms with Crippen molar-refractivity contribution in [1.82, 2.24) is 0 Å². The van der Waals surface area contributed by atoms with Crippen molar-refractivity contribution in [3.8, 4) is 0 Å². The van der Waals surface area contributed by atoms with Crippen LogP contribution in [0.25, 0.3) is 0 Å². The Morgan fingerprint density at radius 3 is 2.93 bits per heavy atom. The molecule has 0 saturated carbocycles. The van der Waals surface area contributed by atoms with Crippen LogP contribution in [0.1, 0.15) is 4.88 Å². The molecule has 4 nitrogen and oxygen atoms in total. The van der Waals surface area contributed by atoms with Gasteiger partial charge < -0.3 is 15.6 Å². The van der Waals surface area contributed by atoms with Crippen LogP contribution in [-0.2, 0) is 16.0 Å². The minimum Gasteiger partial charge on any atom is -0.480 e. The Bertz CT molecular complexity index is 279. The molecule has 0 aromatic carbocycles. The van der Waals surface area contributed by atoms with E-state index in [9.17, 15) is 4.79 Å². The van der Waals surface area contributed by atoms with Gasteiger partial charge in [0.25, 0.3) is 0 Å². The zero-order chi connectivity index (χ0) is 10.4. The molecule has 86 valence electrons. The van der Waals surface area contributed by atoms with Crippen molar-refractivity contribution in [1.29, 1.82) is 0 Å². The molecule has 3 N–H and O–H groups in total. The summed E-state index contributed by atoms with van der Waals surface area (Å²) in [6.07, 6.45) is 0.810. The topological polar surface area (TPSA) is 72.5 Å². The molecule has 0 unspecified atom stereocenters. The van der Waals surface area contributed by atoms with Crippen molar-refractivity contribution in [2.24, 2.45) is 5.73 Å². The number of carbonyl (C=O) groups is 1. The molecular weight excluding hydrogens is 238 g/mol. The summed E-state index contributed by atoms with van der Waals surface area (Å²) in [6, 6.07) is 3.08. The second-order valence-corrected chi connectivity index (χ2v) is 3.88. The summed E-state index contributed by atoms with van der Waals surface area (Å²) in [5, 5.41) is 10.5. The van der Waals surface area contributed by atoms with E-state index in [1.807, 2.05) is 17.5 Å². The smallest absolute Gasteiger partial charge is 0.322 e. The van der Waals surface area contributed by atoms with Crippen LogP contribution in [0.4, 0.5) is 0 Å². The highest BCUT2D eigenvalue weighted by Crippen LogP contribution is 2.08. The summed E-state index contributed by atoms with van der Waals surface area (Å²) in [6.45, 7) is 0.586. The van der Waals surface area contributed by atoms with E-state index in [1.165, 1.54) is 4.88 Å². The van der Waals surface area contributed by atoms with Gasteiger partial charge in [0.05, 0.1) is 13.2 Å². The minimum absolute atomic E-state index is 0. The molecule has 0 spiro atoms. The lowest BCUT2D eigenvalue weighted by atomic mass is 10.3. The second kappa shape index (κ2) is 7.64. The van der Waals surface area contributed by atoms with Crippen LogP contribution in [0.5, 0.6) is 0 Å². The van der Waals surface area contributed by atoms with Gasteiger partial charge in [0.1, 0.15) is 6.04 Å². The number of halogens is 1.